The highest BCUT2D eigenvalue weighted by atomic mass is 16.6. The molecule has 1 saturated heterocycles. The maximum Gasteiger partial charge on any atom is 0.103 e. The lowest BCUT2D eigenvalue weighted by Gasteiger charge is -2.59. The zero-order valence-corrected chi connectivity index (χ0v) is 19.8. The Morgan fingerprint density at radius 2 is 1.76 bits per heavy atom. The minimum atomic E-state index is -0.124. The first kappa shape index (κ1) is 20.8. The Labute approximate surface area is 179 Å². The highest BCUT2D eigenvalue weighted by molar-refractivity contribution is 5.24. The van der Waals surface area contributed by atoms with E-state index in [4.69, 9.17) is 4.74 Å². The van der Waals surface area contributed by atoms with Crippen LogP contribution < -0.4 is 0 Å². The molecule has 1 aliphatic heterocycles. The largest absolute Gasteiger partial charge is 0.393 e. The van der Waals surface area contributed by atoms with Crippen molar-refractivity contribution in [1.82, 2.24) is 0 Å². The van der Waals surface area contributed by atoms with Crippen LogP contribution >= 0.6 is 0 Å². The monoisotopic (exact) mass is 402 g/mol. The van der Waals surface area contributed by atoms with Crippen molar-refractivity contribution in [2.45, 2.75) is 123 Å². The lowest BCUT2D eigenvalue weighted by atomic mass is 9.44. The van der Waals surface area contributed by atoms with Gasteiger partial charge in [-0.05, 0) is 85.9 Å². The van der Waals surface area contributed by atoms with Gasteiger partial charge in [-0.25, -0.2) is 0 Å². The van der Waals surface area contributed by atoms with Gasteiger partial charge in [-0.3, -0.25) is 0 Å². The van der Waals surface area contributed by atoms with E-state index in [0.29, 0.717) is 16.9 Å². The summed E-state index contributed by atoms with van der Waals surface area (Å²) in [7, 11) is 0. The molecule has 2 heteroatoms. The Balaban J connectivity index is 1.33. The molecule has 0 radical (unpaired) electrons. The zero-order valence-electron chi connectivity index (χ0n) is 19.8. The molecule has 0 aromatic rings. The first-order valence-corrected chi connectivity index (χ1v) is 13.1. The zero-order chi connectivity index (χ0) is 20.6. The summed E-state index contributed by atoms with van der Waals surface area (Å²) in [6.45, 7) is 12.6. The van der Waals surface area contributed by atoms with Crippen LogP contribution in [0.2, 0.25) is 0 Å². The van der Waals surface area contributed by atoms with Crippen LogP contribution in [0.3, 0.4) is 0 Å². The lowest BCUT2D eigenvalue weighted by molar-refractivity contribution is -0.116. The first-order valence-electron chi connectivity index (χ1n) is 13.1. The van der Waals surface area contributed by atoms with Crippen LogP contribution in [-0.2, 0) is 4.74 Å². The summed E-state index contributed by atoms with van der Waals surface area (Å²) in [4.78, 5) is 0. The number of hydrogen-bond acceptors (Lipinski definition) is 2. The van der Waals surface area contributed by atoms with Crippen LogP contribution in [0.5, 0.6) is 0 Å². The van der Waals surface area contributed by atoms with E-state index in [2.05, 4.69) is 34.6 Å². The highest BCUT2D eigenvalue weighted by Crippen LogP contribution is 2.74. The summed E-state index contributed by atoms with van der Waals surface area (Å²) >= 11 is 0. The van der Waals surface area contributed by atoms with Crippen LogP contribution in [0.4, 0.5) is 0 Å². The Kier molecular flexibility index (Phi) is 4.99. The Hall–Kier alpha value is -0.0800. The number of ether oxygens (including phenoxy) is 1. The minimum absolute atomic E-state index is 0.0434. The molecule has 2 nitrogen and oxygen atoms in total. The van der Waals surface area contributed by atoms with E-state index in [-0.39, 0.29) is 11.7 Å². The number of fused-ring (bicyclic) bond motifs is 4. The summed E-state index contributed by atoms with van der Waals surface area (Å²) in [6, 6.07) is 0. The molecule has 1 N–H and O–H groups in total. The van der Waals surface area contributed by atoms with Gasteiger partial charge in [0.15, 0.2) is 0 Å². The molecule has 5 rings (SSSR count). The molecular formula is C27H46O2. The van der Waals surface area contributed by atoms with Crippen molar-refractivity contribution in [3.63, 3.8) is 0 Å². The SMILES string of the molecule is CC(C)CCC[C@H](C)[C@H]1CC[C@H]2[C@@H]3C[C@H]4O[C@]45C[C@@H](O)CC[C@]5(C)[C@H]3CC[C@]12C. The van der Waals surface area contributed by atoms with Crippen molar-refractivity contribution in [1.29, 1.82) is 0 Å². The molecule has 5 aliphatic rings. The van der Waals surface area contributed by atoms with Gasteiger partial charge in [0.1, 0.15) is 5.60 Å². The maximum atomic E-state index is 10.4. The summed E-state index contributed by atoms with van der Waals surface area (Å²) in [5.74, 6) is 5.31. The molecule has 166 valence electrons. The topological polar surface area (TPSA) is 32.8 Å². The average Bonchev–Trinajstić information content (AvgIpc) is 3.22. The number of rotatable bonds is 5. The average molecular weight is 403 g/mol. The summed E-state index contributed by atoms with van der Waals surface area (Å²) < 4.78 is 6.51. The summed E-state index contributed by atoms with van der Waals surface area (Å²) in [5.41, 5.74) is 0.932. The fraction of sp³-hybridized carbons (Fsp3) is 1.00. The first-order chi connectivity index (χ1) is 13.7. The Morgan fingerprint density at radius 3 is 2.52 bits per heavy atom. The Morgan fingerprint density at radius 1 is 0.966 bits per heavy atom. The molecular weight excluding hydrogens is 356 g/mol. The number of hydrogen-bond donors (Lipinski definition) is 1. The molecule has 0 aromatic carbocycles. The maximum absolute atomic E-state index is 10.4. The van der Waals surface area contributed by atoms with E-state index < -0.39 is 0 Å². The van der Waals surface area contributed by atoms with E-state index >= 15 is 0 Å². The molecule has 10 atom stereocenters. The minimum Gasteiger partial charge on any atom is -0.393 e. The molecule has 1 heterocycles. The van der Waals surface area contributed by atoms with Crippen molar-refractivity contribution in [3.8, 4) is 0 Å². The molecule has 0 unspecified atom stereocenters. The van der Waals surface area contributed by atoms with Crippen molar-refractivity contribution < 1.29 is 9.84 Å². The van der Waals surface area contributed by atoms with Crippen molar-refractivity contribution in [2.75, 3.05) is 0 Å². The molecule has 5 fully saturated rings. The van der Waals surface area contributed by atoms with Gasteiger partial charge in [0.2, 0.25) is 0 Å². The van der Waals surface area contributed by atoms with E-state index in [0.717, 1.165) is 48.3 Å². The quantitative estimate of drug-likeness (QED) is 0.525. The molecule has 4 aliphatic carbocycles. The second-order valence-corrected chi connectivity index (χ2v) is 13.0. The standard InChI is InChI=1S/C27H46O2/c1-17(2)7-6-8-18(3)21-9-10-22-20-15-24-27(29-24)16-19(28)11-14-26(27,5)23(20)12-13-25(21,22)4/h17-24,28H,6-16H2,1-5H3/t18-,19-,20-,21+,22-,23-,24+,25+,26+,27+/m0/s1. The Bertz CT molecular complexity index is 630. The second-order valence-electron chi connectivity index (χ2n) is 13.0. The van der Waals surface area contributed by atoms with Crippen molar-refractivity contribution >= 4 is 0 Å². The van der Waals surface area contributed by atoms with E-state index in [1.54, 1.807) is 0 Å². The smallest absolute Gasteiger partial charge is 0.103 e. The summed E-state index contributed by atoms with van der Waals surface area (Å²) in [6.07, 6.45) is 14.8. The third kappa shape index (κ3) is 2.94. The van der Waals surface area contributed by atoms with Gasteiger partial charge in [-0.1, -0.05) is 53.9 Å². The van der Waals surface area contributed by atoms with Gasteiger partial charge in [-0.15, -0.1) is 0 Å². The van der Waals surface area contributed by atoms with E-state index in [1.165, 1.54) is 57.8 Å². The predicted molar refractivity (Wildman–Crippen MR) is 119 cm³/mol. The second kappa shape index (κ2) is 6.96. The van der Waals surface area contributed by atoms with E-state index in [1.807, 2.05) is 0 Å². The van der Waals surface area contributed by atoms with Gasteiger partial charge in [0.25, 0.3) is 0 Å². The van der Waals surface area contributed by atoms with Crippen LogP contribution in [0.1, 0.15) is 105 Å². The molecule has 0 amide bonds. The van der Waals surface area contributed by atoms with Crippen LogP contribution in [0.25, 0.3) is 0 Å². The summed E-state index contributed by atoms with van der Waals surface area (Å²) in [5, 5.41) is 10.4. The van der Waals surface area contributed by atoms with E-state index in [9.17, 15) is 5.11 Å². The predicted octanol–water partition coefficient (Wildman–Crippen LogP) is 6.60. The molecule has 0 bridgehead atoms. The number of aliphatic hydroxyl groups excluding tert-OH is 1. The number of aliphatic hydroxyl groups is 1. The molecule has 1 spiro atoms. The van der Waals surface area contributed by atoms with Gasteiger partial charge >= 0.3 is 0 Å². The fourth-order valence-corrected chi connectivity index (χ4v) is 9.68. The molecule has 29 heavy (non-hydrogen) atoms. The molecule has 4 saturated carbocycles. The fourth-order valence-electron chi connectivity index (χ4n) is 9.68. The van der Waals surface area contributed by atoms with Gasteiger partial charge < -0.3 is 9.84 Å². The van der Waals surface area contributed by atoms with Gasteiger partial charge in [0, 0.05) is 11.8 Å². The normalized spacial score (nSPS) is 54.3. The highest BCUT2D eigenvalue weighted by Gasteiger charge is 2.76. The molecule has 0 aromatic heterocycles. The van der Waals surface area contributed by atoms with Crippen LogP contribution in [-0.4, -0.2) is 22.9 Å². The van der Waals surface area contributed by atoms with Crippen LogP contribution in [0.15, 0.2) is 0 Å². The third-order valence-electron chi connectivity index (χ3n) is 11.3. The van der Waals surface area contributed by atoms with Gasteiger partial charge in [0.05, 0.1) is 12.2 Å². The lowest BCUT2D eigenvalue weighted by Crippen LogP contribution is -2.58. The third-order valence-corrected chi connectivity index (χ3v) is 11.3. The van der Waals surface area contributed by atoms with Crippen LogP contribution in [0, 0.1) is 46.3 Å². The number of epoxide rings is 1. The van der Waals surface area contributed by atoms with Crippen molar-refractivity contribution in [2.24, 2.45) is 46.3 Å². The van der Waals surface area contributed by atoms with Crippen molar-refractivity contribution in [3.05, 3.63) is 0 Å². The van der Waals surface area contributed by atoms with Gasteiger partial charge in [-0.2, -0.15) is 0 Å².